The Morgan fingerprint density at radius 1 is 0.648 bits per heavy atom. The Kier molecular flexibility index (Phi) is 35.2. The molecule has 0 aliphatic heterocycles. The van der Waals surface area contributed by atoms with E-state index in [1.165, 1.54) is 89.9 Å². The Bertz CT molecular complexity index is 998. The summed E-state index contributed by atoms with van der Waals surface area (Å²) in [4.78, 5) is 25.3. The lowest BCUT2D eigenvalue weighted by Gasteiger charge is -2.31. The fourth-order valence-corrected chi connectivity index (χ4v) is 6.81. The van der Waals surface area contributed by atoms with Crippen LogP contribution in [0.1, 0.15) is 181 Å². The van der Waals surface area contributed by atoms with Crippen molar-refractivity contribution in [3.05, 3.63) is 36.5 Å². The third kappa shape index (κ3) is 36.3. The van der Waals surface area contributed by atoms with Gasteiger partial charge in [-0.3, -0.25) is 9.36 Å². The number of nitrogens with zero attached hydrogens (tertiary/aromatic N) is 1. The van der Waals surface area contributed by atoms with Gasteiger partial charge in [-0.25, -0.2) is 0 Å². The molecule has 0 aromatic heterocycles. The van der Waals surface area contributed by atoms with Gasteiger partial charge < -0.3 is 34.0 Å². The monoisotopic (exact) mass is 785 g/mol. The summed E-state index contributed by atoms with van der Waals surface area (Å²) < 4.78 is 23.1. The number of rotatable bonds is 39. The topological polar surface area (TPSA) is 128 Å². The fraction of sp³-hybridized carbons (Fsp3) is 0.841. The van der Waals surface area contributed by atoms with E-state index in [0.29, 0.717) is 30.3 Å². The molecule has 0 heterocycles. The molecular formula is C44H85N2O7P. The zero-order valence-electron chi connectivity index (χ0n) is 35.5. The highest BCUT2D eigenvalue weighted by atomic mass is 31.2. The van der Waals surface area contributed by atoms with Gasteiger partial charge in [0.2, 0.25) is 5.91 Å². The number of nitrogens with one attached hydrogen (secondary N) is 1. The normalized spacial score (nSPS) is 15.3. The number of likely N-dealkylation sites (N-methyl/N-ethyl adjacent to an activating group) is 1. The van der Waals surface area contributed by atoms with Crippen LogP contribution in [0.2, 0.25) is 0 Å². The quantitative estimate of drug-likeness (QED) is 0.0245. The van der Waals surface area contributed by atoms with Gasteiger partial charge in [-0.1, -0.05) is 134 Å². The third-order valence-corrected chi connectivity index (χ3v) is 10.6. The van der Waals surface area contributed by atoms with Crippen LogP contribution in [0.5, 0.6) is 0 Å². The van der Waals surface area contributed by atoms with Crippen molar-refractivity contribution in [2.75, 3.05) is 40.9 Å². The van der Waals surface area contributed by atoms with Gasteiger partial charge in [-0.05, 0) is 77.0 Å². The lowest BCUT2D eigenvalue weighted by Crippen LogP contribution is -2.51. The first kappa shape index (κ1) is 52.7. The molecule has 10 heteroatoms. The number of aliphatic hydroxyl groups is 2. The molecule has 0 spiro atoms. The van der Waals surface area contributed by atoms with E-state index >= 15 is 0 Å². The number of phosphoric acid groups is 1. The Balaban J connectivity index is 4.54. The number of hydrogen-bond donors (Lipinski definition) is 3. The van der Waals surface area contributed by atoms with Gasteiger partial charge >= 0.3 is 0 Å². The van der Waals surface area contributed by atoms with E-state index in [2.05, 4.69) is 55.6 Å². The summed E-state index contributed by atoms with van der Waals surface area (Å²) in [5, 5.41) is 24.5. The summed E-state index contributed by atoms with van der Waals surface area (Å²) in [6.07, 6.45) is 39.0. The van der Waals surface area contributed by atoms with Crippen molar-refractivity contribution in [1.29, 1.82) is 0 Å². The number of unbranched alkanes of at least 4 members (excludes halogenated alkanes) is 19. The Hall–Kier alpha value is -1.32. The number of hydrogen-bond acceptors (Lipinski definition) is 7. The maximum Gasteiger partial charge on any atom is 0.268 e. The summed E-state index contributed by atoms with van der Waals surface area (Å²) in [7, 11) is 1.09. The summed E-state index contributed by atoms with van der Waals surface area (Å²) in [5.74, 6) is -0.299. The molecule has 0 bridgehead atoms. The predicted molar refractivity (Wildman–Crippen MR) is 225 cm³/mol. The van der Waals surface area contributed by atoms with Gasteiger partial charge in [0.05, 0.1) is 39.9 Å². The largest absolute Gasteiger partial charge is 0.756 e. The number of aliphatic hydroxyl groups excluding tert-OH is 2. The second-order valence-electron chi connectivity index (χ2n) is 16.2. The average Bonchev–Trinajstić information content (AvgIpc) is 3.12. The summed E-state index contributed by atoms with van der Waals surface area (Å²) in [6, 6.07) is -1.10. The van der Waals surface area contributed by atoms with Crippen molar-refractivity contribution in [3.63, 3.8) is 0 Å². The zero-order chi connectivity index (χ0) is 40.2. The molecule has 4 unspecified atom stereocenters. The molecule has 0 radical (unpaired) electrons. The molecule has 9 nitrogen and oxygen atoms in total. The zero-order valence-corrected chi connectivity index (χ0v) is 36.4. The highest BCUT2D eigenvalue weighted by Gasteiger charge is 2.29. The maximum atomic E-state index is 12.9. The van der Waals surface area contributed by atoms with Crippen molar-refractivity contribution in [2.24, 2.45) is 0 Å². The maximum absolute atomic E-state index is 12.9. The van der Waals surface area contributed by atoms with E-state index in [1.54, 1.807) is 0 Å². The van der Waals surface area contributed by atoms with Crippen LogP contribution in [-0.2, 0) is 18.4 Å². The smallest absolute Gasteiger partial charge is 0.268 e. The van der Waals surface area contributed by atoms with Crippen LogP contribution < -0.4 is 10.2 Å². The molecule has 0 rings (SSSR count). The van der Waals surface area contributed by atoms with Crippen LogP contribution in [0.15, 0.2) is 36.5 Å². The summed E-state index contributed by atoms with van der Waals surface area (Å²) in [5.41, 5.74) is 0. The SMILES string of the molecule is CCCCC/C=C/CC/C=C/CCCC(O)C(O)C(COP(=O)([O-])OCC[N+](C)(C)C)NC(=O)CCCCCCCCC/C=C\CCCCCCCCC. The molecule has 3 N–H and O–H groups in total. The molecule has 0 aliphatic rings. The highest BCUT2D eigenvalue weighted by molar-refractivity contribution is 7.45. The fourth-order valence-electron chi connectivity index (χ4n) is 6.09. The molecule has 0 aromatic carbocycles. The molecule has 54 heavy (non-hydrogen) atoms. The Morgan fingerprint density at radius 2 is 1.07 bits per heavy atom. The molecule has 4 atom stereocenters. The van der Waals surface area contributed by atoms with E-state index < -0.39 is 32.7 Å². The van der Waals surface area contributed by atoms with Crippen molar-refractivity contribution < 1.29 is 38.0 Å². The van der Waals surface area contributed by atoms with Crippen LogP contribution >= 0.6 is 7.82 Å². The summed E-state index contributed by atoms with van der Waals surface area (Å²) in [6.45, 7) is 4.36. The van der Waals surface area contributed by atoms with E-state index in [4.69, 9.17) is 9.05 Å². The van der Waals surface area contributed by atoms with E-state index in [9.17, 15) is 24.5 Å². The number of quaternary nitrogens is 1. The first-order valence-electron chi connectivity index (χ1n) is 21.9. The summed E-state index contributed by atoms with van der Waals surface area (Å²) >= 11 is 0. The van der Waals surface area contributed by atoms with Crippen molar-refractivity contribution in [2.45, 2.75) is 199 Å². The molecule has 0 aromatic rings. The van der Waals surface area contributed by atoms with E-state index in [-0.39, 0.29) is 18.9 Å². The number of carbonyl (C=O) groups excluding carboxylic acids is 1. The minimum atomic E-state index is -4.67. The van der Waals surface area contributed by atoms with Gasteiger partial charge in [-0.15, -0.1) is 0 Å². The van der Waals surface area contributed by atoms with Gasteiger partial charge in [0.25, 0.3) is 7.82 Å². The number of amides is 1. The number of phosphoric ester groups is 1. The first-order valence-corrected chi connectivity index (χ1v) is 23.4. The minimum absolute atomic E-state index is 0.0499. The molecule has 1 amide bonds. The lowest BCUT2D eigenvalue weighted by atomic mass is 10.0. The van der Waals surface area contributed by atoms with Crippen LogP contribution in [0.3, 0.4) is 0 Å². The van der Waals surface area contributed by atoms with E-state index in [1.807, 2.05) is 21.1 Å². The Labute approximate surface area is 332 Å². The molecule has 0 fully saturated rings. The van der Waals surface area contributed by atoms with Gasteiger partial charge in [0.1, 0.15) is 19.3 Å². The minimum Gasteiger partial charge on any atom is -0.756 e. The molecule has 0 saturated carbocycles. The molecule has 318 valence electrons. The average molecular weight is 785 g/mol. The van der Waals surface area contributed by atoms with Crippen LogP contribution in [-0.4, -0.2) is 79.8 Å². The van der Waals surface area contributed by atoms with E-state index in [0.717, 1.165) is 51.4 Å². The highest BCUT2D eigenvalue weighted by Crippen LogP contribution is 2.38. The van der Waals surface area contributed by atoms with Crippen molar-refractivity contribution in [1.82, 2.24) is 5.32 Å². The van der Waals surface area contributed by atoms with Crippen LogP contribution in [0, 0.1) is 0 Å². The number of allylic oxidation sites excluding steroid dienone is 6. The lowest BCUT2D eigenvalue weighted by molar-refractivity contribution is -0.870. The van der Waals surface area contributed by atoms with Gasteiger partial charge in [0.15, 0.2) is 0 Å². The third-order valence-electron chi connectivity index (χ3n) is 9.67. The number of carbonyl (C=O) groups is 1. The van der Waals surface area contributed by atoms with Crippen LogP contribution in [0.25, 0.3) is 0 Å². The Morgan fingerprint density at radius 3 is 1.59 bits per heavy atom. The molecular weight excluding hydrogens is 699 g/mol. The standard InChI is InChI=1S/C44H85N2O7P/c1-6-8-10-12-14-16-18-20-21-22-23-24-25-27-29-31-33-35-37-43(48)45-41(40-53-54(50,51)52-39-38-46(3,4)5)44(49)42(47)36-34-32-30-28-26-19-17-15-13-11-9-7-2/h15,17,21-22,28,30,41-42,44,47,49H,6-14,16,18-20,23-27,29,31-40H2,1-5H3,(H-,45,48,50,51)/b17-15+,22-21-,30-28+. The van der Waals surface area contributed by atoms with Gasteiger partial charge in [0, 0.05) is 6.42 Å². The van der Waals surface area contributed by atoms with Crippen molar-refractivity contribution >= 4 is 13.7 Å². The first-order chi connectivity index (χ1) is 25.9. The van der Waals surface area contributed by atoms with Crippen molar-refractivity contribution in [3.8, 4) is 0 Å². The van der Waals surface area contributed by atoms with Crippen LogP contribution in [0.4, 0.5) is 0 Å². The molecule has 0 saturated heterocycles. The molecule has 0 aliphatic carbocycles. The predicted octanol–water partition coefficient (Wildman–Crippen LogP) is 10.3. The van der Waals surface area contributed by atoms with Gasteiger partial charge in [-0.2, -0.15) is 0 Å². The second-order valence-corrected chi connectivity index (χ2v) is 17.6. The second kappa shape index (κ2) is 36.0.